The van der Waals surface area contributed by atoms with Crippen LogP contribution in [-0.4, -0.2) is 28.6 Å². The molecule has 1 atom stereocenters. The summed E-state index contributed by atoms with van der Waals surface area (Å²) in [6, 6.07) is 7.69. The van der Waals surface area contributed by atoms with Crippen LogP contribution in [0.15, 0.2) is 29.1 Å². The van der Waals surface area contributed by atoms with Gasteiger partial charge in [0.15, 0.2) is 5.43 Å². The van der Waals surface area contributed by atoms with Crippen molar-refractivity contribution < 1.29 is 9.90 Å². The van der Waals surface area contributed by atoms with Crippen molar-refractivity contribution in [3.63, 3.8) is 0 Å². The average molecular weight is 302 g/mol. The summed E-state index contributed by atoms with van der Waals surface area (Å²) >= 11 is 0. The minimum absolute atomic E-state index is 0.0876. The summed E-state index contributed by atoms with van der Waals surface area (Å²) in [5.74, 6) is -0.804. The summed E-state index contributed by atoms with van der Waals surface area (Å²) in [5.41, 5.74) is 2.66. The van der Waals surface area contributed by atoms with Crippen molar-refractivity contribution in [3.05, 3.63) is 45.7 Å². The Morgan fingerprint density at radius 3 is 2.82 bits per heavy atom. The Bertz CT molecular complexity index is 721. The number of aliphatic carboxylic acids is 1. The molecule has 5 heteroatoms. The molecule has 0 unspecified atom stereocenters. The molecular formula is C17H22N2O3. The first-order valence-corrected chi connectivity index (χ1v) is 7.54. The maximum atomic E-state index is 12.5. The molecule has 0 amide bonds. The van der Waals surface area contributed by atoms with Crippen LogP contribution >= 0.6 is 0 Å². The van der Waals surface area contributed by atoms with Gasteiger partial charge in [-0.1, -0.05) is 12.1 Å². The van der Waals surface area contributed by atoms with E-state index in [0.717, 1.165) is 28.6 Å². The highest BCUT2D eigenvalue weighted by Crippen LogP contribution is 2.12. The minimum Gasteiger partial charge on any atom is -0.481 e. The van der Waals surface area contributed by atoms with Crippen LogP contribution in [0.25, 0.3) is 10.9 Å². The lowest BCUT2D eigenvalue weighted by Crippen LogP contribution is -2.29. The number of aromatic amines is 1. The summed E-state index contributed by atoms with van der Waals surface area (Å²) in [7, 11) is 0. The maximum absolute atomic E-state index is 12.5. The number of carbonyl (C=O) groups is 1. The molecule has 0 aliphatic rings. The molecule has 0 aliphatic carbocycles. The summed E-state index contributed by atoms with van der Waals surface area (Å²) in [6.07, 6.45) is 1.58. The van der Waals surface area contributed by atoms with Gasteiger partial charge < -0.3 is 15.4 Å². The zero-order chi connectivity index (χ0) is 16.1. The number of rotatable bonds is 7. The van der Waals surface area contributed by atoms with Crippen molar-refractivity contribution in [1.82, 2.24) is 10.3 Å². The fraction of sp³-hybridized carbons (Fsp3) is 0.412. The zero-order valence-corrected chi connectivity index (χ0v) is 13.0. The first kappa shape index (κ1) is 16.2. The highest BCUT2D eigenvalue weighted by molar-refractivity contribution is 5.79. The van der Waals surface area contributed by atoms with Crippen molar-refractivity contribution in [2.45, 2.75) is 39.2 Å². The first-order chi connectivity index (χ1) is 10.5. The van der Waals surface area contributed by atoms with Crippen LogP contribution in [0.1, 0.15) is 31.0 Å². The molecule has 0 spiro atoms. The van der Waals surface area contributed by atoms with Gasteiger partial charge in [0, 0.05) is 34.7 Å². The van der Waals surface area contributed by atoms with Crippen LogP contribution in [0.3, 0.4) is 0 Å². The second kappa shape index (κ2) is 7.22. The van der Waals surface area contributed by atoms with E-state index in [1.165, 1.54) is 0 Å². The molecule has 2 rings (SSSR count). The largest absolute Gasteiger partial charge is 0.481 e. The van der Waals surface area contributed by atoms with E-state index >= 15 is 0 Å². The highest BCUT2D eigenvalue weighted by Gasteiger charge is 2.11. The SMILES string of the molecule is Cc1[nH]c2ccccc2c(=O)c1CC[C@@H](C)NCCC(=O)O. The fourth-order valence-electron chi connectivity index (χ4n) is 2.59. The van der Waals surface area contributed by atoms with E-state index in [4.69, 9.17) is 5.11 Å². The minimum atomic E-state index is -0.804. The lowest BCUT2D eigenvalue weighted by molar-refractivity contribution is -0.136. The number of nitrogens with one attached hydrogen (secondary N) is 2. The van der Waals surface area contributed by atoms with Crippen LogP contribution in [0.4, 0.5) is 0 Å². The maximum Gasteiger partial charge on any atom is 0.304 e. The van der Waals surface area contributed by atoms with Gasteiger partial charge in [-0.05, 0) is 38.8 Å². The lowest BCUT2D eigenvalue weighted by atomic mass is 10.0. The molecule has 0 saturated carbocycles. The quantitative estimate of drug-likeness (QED) is 0.732. The summed E-state index contributed by atoms with van der Waals surface area (Å²) in [4.78, 5) is 26.3. The average Bonchev–Trinajstić information content (AvgIpc) is 2.46. The van der Waals surface area contributed by atoms with Gasteiger partial charge in [0.2, 0.25) is 0 Å². The molecule has 0 radical (unpaired) electrons. The second-order valence-corrected chi connectivity index (χ2v) is 5.64. The third-order valence-corrected chi connectivity index (χ3v) is 3.88. The van der Waals surface area contributed by atoms with Crippen molar-refractivity contribution in [2.24, 2.45) is 0 Å². The standard InChI is InChI=1S/C17H22N2O3/c1-11(18-10-9-16(20)21)7-8-13-12(2)19-15-6-4-3-5-14(15)17(13)22/h3-6,11,18H,7-10H2,1-2H3,(H,19,22)(H,20,21)/t11-/m1/s1. The Kier molecular flexibility index (Phi) is 5.33. The predicted octanol–water partition coefficient (Wildman–Crippen LogP) is 2.22. The zero-order valence-electron chi connectivity index (χ0n) is 13.0. The third kappa shape index (κ3) is 3.95. The number of carboxylic acids is 1. The van der Waals surface area contributed by atoms with Crippen LogP contribution in [0, 0.1) is 6.92 Å². The van der Waals surface area contributed by atoms with Gasteiger partial charge in [0.1, 0.15) is 0 Å². The summed E-state index contributed by atoms with van der Waals surface area (Å²) in [6.45, 7) is 4.38. The fourth-order valence-corrected chi connectivity index (χ4v) is 2.59. The van der Waals surface area contributed by atoms with E-state index in [1.807, 2.05) is 38.1 Å². The van der Waals surface area contributed by atoms with Gasteiger partial charge in [0.25, 0.3) is 0 Å². The topological polar surface area (TPSA) is 82.2 Å². The number of para-hydroxylation sites is 1. The number of benzene rings is 1. The van der Waals surface area contributed by atoms with Crippen LogP contribution in [-0.2, 0) is 11.2 Å². The van der Waals surface area contributed by atoms with E-state index in [-0.39, 0.29) is 17.9 Å². The third-order valence-electron chi connectivity index (χ3n) is 3.88. The molecular weight excluding hydrogens is 280 g/mol. The number of pyridine rings is 1. The first-order valence-electron chi connectivity index (χ1n) is 7.54. The lowest BCUT2D eigenvalue weighted by Gasteiger charge is -2.14. The molecule has 0 saturated heterocycles. The molecule has 0 aliphatic heterocycles. The number of H-pyrrole nitrogens is 1. The number of fused-ring (bicyclic) bond motifs is 1. The summed E-state index contributed by atoms with van der Waals surface area (Å²) in [5, 5.41) is 12.5. The molecule has 118 valence electrons. The monoisotopic (exact) mass is 302 g/mol. The van der Waals surface area contributed by atoms with Crippen molar-refractivity contribution in [1.29, 1.82) is 0 Å². The van der Waals surface area contributed by atoms with Crippen molar-refractivity contribution in [2.75, 3.05) is 6.54 Å². The number of aromatic nitrogens is 1. The normalized spacial score (nSPS) is 12.5. The van der Waals surface area contributed by atoms with Crippen LogP contribution in [0.2, 0.25) is 0 Å². The van der Waals surface area contributed by atoms with Crippen molar-refractivity contribution in [3.8, 4) is 0 Å². The van der Waals surface area contributed by atoms with E-state index in [1.54, 1.807) is 0 Å². The second-order valence-electron chi connectivity index (χ2n) is 5.64. The van der Waals surface area contributed by atoms with E-state index in [0.29, 0.717) is 13.0 Å². The Balaban J connectivity index is 2.05. The van der Waals surface area contributed by atoms with E-state index in [2.05, 4.69) is 10.3 Å². The highest BCUT2D eigenvalue weighted by atomic mass is 16.4. The number of hydrogen-bond donors (Lipinski definition) is 3. The van der Waals surface area contributed by atoms with Gasteiger partial charge in [-0.2, -0.15) is 0 Å². The number of carboxylic acid groups (broad SMARTS) is 1. The number of aryl methyl sites for hydroxylation is 1. The van der Waals surface area contributed by atoms with Crippen LogP contribution in [0.5, 0.6) is 0 Å². The Hall–Kier alpha value is -2.14. The molecule has 1 aromatic carbocycles. The molecule has 1 heterocycles. The van der Waals surface area contributed by atoms with Gasteiger partial charge in [-0.15, -0.1) is 0 Å². The van der Waals surface area contributed by atoms with Gasteiger partial charge in [-0.3, -0.25) is 9.59 Å². The smallest absolute Gasteiger partial charge is 0.304 e. The molecule has 22 heavy (non-hydrogen) atoms. The molecule has 0 bridgehead atoms. The Morgan fingerprint density at radius 1 is 1.36 bits per heavy atom. The molecule has 1 aromatic heterocycles. The van der Waals surface area contributed by atoms with Gasteiger partial charge in [-0.25, -0.2) is 0 Å². The van der Waals surface area contributed by atoms with Gasteiger partial charge in [0.05, 0.1) is 6.42 Å². The van der Waals surface area contributed by atoms with E-state index in [9.17, 15) is 9.59 Å². The van der Waals surface area contributed by atoms with Crippen LogP contribution < -0.4 is 10.7 Å². The Morgan fingerprint density at radius 2 is 2.09 bits per heavy atom. The number of hydrogen-bond acceptors (Lipinski definition) is 3. The van der Waals surface area contributed by atoms with Gasteiger partial charge >= 0.3 is 5.97 Å². The predicted molar refractivity (Wildman–Crippen MR) is 87.3 cm³/mol. The molecule has 0 fully saturated rings. The Labute approximate surface area is 129 Å². The molecule has 3 N–H and O–H groups in total. The van der Waals surface area contributed by atoms with Crippen molar-refractivity contribution >= 4 is 16.9 Å². The molecule has 2 aromatic rings. The summed E-state index contributed by atoms with van der Waals surface area (Å²) < 4.78 is 0. The van der Waals surface area contributed by atoms with E-state index < -0.39 is 5.97 Å². The molecule has 5 nitrogen and oxygen atoms in total.